The van der Waals surface area contributed by atoms with Gasteiger partial charge in [-0.05, 0) is 88.9 Å². The first-order valence-electron chi connectivity index (χ1n) is 21.9. The summed E-state index contributed by atoms with van der Waals surface area (Å²) >= 11 is 0. The van der Waals surface area contributed by atoms with Gasteiger partial charge in [-0.15, -0.1) is 5.11 Å². The van der Waals surface area contributed by atoms with Gasteiger partial charge < -0.3 is 53.7 Å². The van der Waals surface area contributed by atoms with Crippen molar-refractivity contribution in [2.24, 2.45) is 16.0 Å². The predicted octanol–water partition coefficient (Wildman–Crippen LogP) is 7.01. The highest BCUT2D eigenvalue weighted by Crippen LogP contribution is 2.45. The highest BCUT2D eigenvalue weighted by molar-refractivity contribution is 6.62. The molecule has 20 heteroatoms. The topological polar surface area (TPSA) is 234 Å². The lowest BCUT2D eigenvalue weighted by Gasteiger charge is -2.33. The molecule has 3 aliphatic heterocycles. The Kier molecular flexibility index (Phi) is 13.8. The normalized spacial score (nSPS) is 27.1. The lowest BCUT2D eigenvalue weighted by molar-refractivity contribution is -0.0100. The monoisotopic (exact) mass is 886 g/mol. The Hall–Kier alpha value is -4.65. The van der Waals surface area contributed by atoms with E-state index in [-0.39, 0.29) is 48.0 Å². The zero-order valence-corrected chi connectivity index (χ0v) is 37.6. The first-order valence-corrected chi connectivity index (χ1v) is 25.8. The molecule has 1 saturated carbocycles. The first-order chi connectivity index (χ1) is 30.0. The summed E-state index contributed by atoms with van der Waals surface area (Å²) in [6.07, 6.45) is 7.31. The van der Waals surface area contributed by atoms with Crippen LogP contribution < -0.4 is 27.2 Å². The number of nitrogens with zero attached hydrogens (tertiary/aromatic N) is 6. The van der Waals surface area contributed by atoms with Crippen molar-refractivity contribution in [2.45, 2.75) is 128 Å². The zero-order chi connectivity index (χ0) is 43.3. The van der Waals surface area contributed by atoms with E-state index in [1.165, 1.54) is 4.57 Å². The van der Waals surface area contributed by atoms with Crippen molar-refractivity contribution in [2.75, 3.05) is 29.0 Å². The molecule has 0 spiro atoms. The minimum absolute atomic E-state index is 0.0331. The molecule has 4 aliphatic rings. The van der Waals surface area contributed by atoms with Crippen LogP contribution in [0.4, 0.5) is 40.6 Å². The molecule has 2 bridgehead atoms. The predicted molar refractivity (Wildman–Crippen MR) is 238 cm³/mol. The van der Waals surface area contributed by atoms with Gasteiger partial charge in [-0.25, -0.2) is 0 Å². The van der Waals surface area contributed by atoms with E-state index >= 15 is 0 Å². The van der Waals surface area contributed by atoms with Gasteiger partial charge in [-0.1, -0.05) is 49.9 Å². The van der Waals surface area contributed by atoms with Crippen molar-refractivity contribution in [1.29, 1.82) is 0 Å². The van der Waals surface area contributed by atoms with Crippen LogP contribution >= 0.6 is 0 Å². The fraction of sp³-hybridized carbons (Fsp3) is 0.524. The molecular weight excluding hydrogens is 829 g/mol. The van der Waals surface area contributed by atoms with E-state index in [2.05, 4.69) is 41.1 Å². The van der Waals surface area contributed by atoms with E-state index in [1.807, 2.05) is 36.4 Å². The number of fused-ring (bicyclic) bond motifs is 2. The van der Waals surface area contributed by atoms with Gasteiger partial charge in [-0.2, -0.15) is 20.1 Å². The van der Waals surface area contributed by atoms with Gasteiger partial charge in [0.05, 0.1) is 36.2 Å². The SMILES string of the molecule is CCn1c(O)c(C)c(C)c(N=Nc2cccc(Nc3nc(NCCC[Si]4(O)OC5CCCCCCC6O[Si]7(CCCN)OC(CC5O4)C6O7)nc(Nc4ccccc4)n3)c2)c1=O. The fourth-order valence-corrected chi connectivity index (χ4v) is 14.3. The number of rotatable bonds is 15. The van der Waals surface area contributed by atoms with E-state index in [0.29, 0.717) is 72.9 Å². The molecule has 5 heterocycles. The lowest BCUT2D eigenvalue weighted by atomic mass is 9.93. The number of azo groups is 1. The maximum Gasteiger partial charge on any atom is 0.502 e. The number of hydrogen-bond donors (Lipinski definition) is 6. The third-order valence-electron chi connectivity index (χ3n) is 11.9. The number of nitrogens with one attached hydrogen (secondary N) is 3. The molecule has 18 nitrogen and oxygen atoms in total. The third kappa shape index (κ3) is 10.1. The largest absolute Gasteiger partial charge is 0.502 e. The molecular formula is C42H58N10O8Si2. The van der Waals surface area contributed by atoms with Crippen molar-refractivity contribution in [3.05, 3.63) is 76.1 Å². The summed E-state index contributed by atoms with van der Waals surface area (Å²) in [5, 5.41) is 28.9. The quantitative estimate of drug-likeness (QED) is 0.0400. The van der Waals surface area contributed by atoms with E-state index in [1.54, 1.807) is 39.0 Å². The smallest absolute Gasteiger partial charge is 0.494 e. The molecule has 7 unspecified atom stereocenters. The van der Waals surface area contributed by atoms with E-state index < -0.39 is 23.2 Å². The molecule has 4 aromatic rings. The van der Waals surface area contributed by atoms with Crippen molar-refractivity contribution in [3.63, 3.8) is 0 Å². The molecule has 0 radical (unpaired) electrons. The van der Waals surface area contributed by atoms with Crippen LogP contribution in [0.1, 0.15) is 75.8 Å². The Balaban J connectivity index is 0.931. The summed E-state index contributed by atoms with van der Waals surface area (Å²) in [6.45, 7) is 6.57. The Labute approximate surface area is 363 Å². The van der Waals surface area contributed by atoms with Gasteiger partial charge in [0.25, 0.3) is 5.56 Å². The van der Waals surface area contributed by atoms with Crippen LogP contribution in [0.25, 0.3) is 0 Å². The molecule has 1 aliphatic carbocycles. The van der Waals surface area contributed by atoms with Crippen LogP contribution in [-0.4, -0.2) is 90.6 Å². The number of para-hydroxylation sites is 1. The second kappa shape index (κ2) is 19.4. The molecule has 2 aromatic heterocycles. The highest BCUT2D eigenvalue weighted by atomic mass is 28.4. The number of aromatic nitrogens is 4. The van der Waals surface area contributed by atoms with Gasteiger partial charge in [0.15, 0.2) is 11.6 Å². The van der Waals surface area contributed by atoms with Crippen molar-refractivity contribution >= 4 is 58.2 Å². The Bertz CT molecular complexity index is 2280. The fourth-order valence-electron chi connectivity index (χ4n) is 8.62. The minimum Gasteiger partial charge on any atom is -0.494 e. The van der Waals surface area contributed by atoms with Crippen LogP contribution in [0.15, 0.2) is 69.6 Å². The van der Waals surface area contributed by atoms with Gasteiger partial charge in [-0.3, -0.25) is 9.36 Å². The average molecular weight is 887 g/mol. The highest BCUT2D eigenvalue weighted by Gasteiger charge is 2.64. The zero-order valence-electron chi connectivity index (χ0n) is 35.6. The summed E-state index contributed by atoms with van der Waals surface area (Å²) in [4.78, 5) is 38.8. The number of pyridine rings is 1. The second-order valence-electron chi connectivity index (χ2n) is 16.4. The molecule has 0 amide bonds. The minimum atomic E-state index is -3.52. The molecule has 4 fully saturated rings. The number of aromatic hydroxyl groups is 1. The van der Waals surface area contributed by atoms with E-state index in [9.17, 15) is 14.7 Å². The van der Waals surface area contributed by atoms with Crippen LogP contribution in [0.2, 0.25) is 12.1 Å². The van der Waals surface area contributed by atoms with Crippen LogP contribution in [0.5, 0.6) is 5.88 Å². The standard InChI is InChI=1S/C42H58N10O8Si2/c1-4-52-38(53)28(3)27(2)36(39(52)54)51-50-31-18-12-17-30(25-31)46-42-48-40(47-41(49-42)45-29-15-8-7-9-16-29)44-22-14-23-61(55)56-32-19-10-5-6-11-20-33-37-35(26-34(32)57-61)59-62(58-33,60-37)24-13-21-43/h7-9,12,15-18,25,32-35,37,53,55H,4-6,10-11,13-14,19-24,26,43H2,1-3H3,(H3,44,45,46,47,48,49). The van der Waals surface area contributed by atoms with Crippen molar-refractivity contribution < 1.29 is 32.0 Å². The molecule has 7 atom stereocenters. The Morgan fingerprint density at radius 1 is 0.790 bits per heavy atom. The summed E-state index contributed by atoms with van der Waals surface area (Å²) in [5.74, 6) is 0.833. The average Bonchev–Trinajstić information content (AvgIpc) is 3.91. The maximum absolute atomic E-state index is 13.1. The van der Waals surface area contributed by atoms with Crippen LogP contribution in [0, 0.1) is 13.8 Å². The number of nitrogens with two attached hydrogens (primary N) is 1. The summed E-state index contributed by atoms with van der Waals surface area (Å²) in [6, 6.07) is 17.8. The van der Waals surface area contributed by atoms with Gasteiger partial charge in [0.1, 0.15) is 0 Å². The van der Waals surface area contributed by atoms with E-state index in [4.69, 9.17) is 27.9 Å². The second-order valence-corrected chi connectivity index (χ2v) is 21.4. The molecule has 62 heavy (non-hydrogen) atoms. The van der Waals surface area contributed by atoms with Gasteiger partial charge in [0.2, 0.25) is 17.8 Å². The van der Waals surface area contributed by atoms with Crippen molar-refractivity contribution in [1.82, 2.24) is 19.5 Å². The van der Waals surface area contributed by atoms with Crippen LogP contribution in [0.3, 0.4) is 0 Å². The van der Waals surface area contributed by atoms with Gasteiger partial charge in [0, 0.05) is 48.5 Å². The lowest BCUT2D eigenvalue weighted by Crippen LogP contribution is -2.47. The summed E-state index contributed by atoms with van der Waals surface area (Å²) < 4.78 is 33.8. The Morgan fingerprint density at radius 3 is 2.24 bits per heavy atom. The molecule has 3 saturated heterocycles. The summed E-state index contributed by atoms with van der Waals surface area (Å²) in [5.41, 5.74) is 8.65. The van der Waals surface area contributed by atoms with Crippen LogP contribution in [-0.2, 0) is 28.7 Å². The number of anilines is 5. The molecule has 8 rings (SSSR count). The Morgan fingerprint density at radius 2 is 1.48 bits per heavy atom. The van der Waals surface area contributed by atoms with Crippen molar-refractivity contribution in [3.8, 4) is 5.88 Å². The van der Waals surface area contributed by atoms with Gasteiger partial charge >= 0.3 is 17.6 Å². The first kappa shape index (κ1) is 44.0. The molecule has 2 aromatic carbocycles. The number of benzene rings is 2. The maximum atomic E-state index is 13.1. The summed E-state index contributed by atoms with van der Waals surface area (Å²) in [7, 11) is -6.29. The molecule has 7 N–H and O–H groups in total. The molecule has 332 valence electrons. The third-order valence-corrected chi connectivity index (χ3v) is 17.2. The number of hydrogen-bond acceptors (Lipinski definition) is 17. The van der Waals surface area contributed by atoms with E-state index in [0.717, 1.165) is 56.7 Å².